The number of hydrogen-bond donors (Lipinski definition) is 1. The molecule has 2 N–H and O–H groups in total. The molecule has 1 rings (SSSR count). The minimum Gasteiger partial charge on any atom is -0.382 e. The van der Waals surface area contributed by atoms with Crippen LogP contribution in [0.15, 0.2) is 12.3 Å². The van der Waals surface area contributed by atoms with Crippen LogP contribution in [0.2, 0.25) is 0 Å². The van der Waals surface area contributed by atoms with Crippen molar-refractivity contribution in [2.24, 2.45) is 0 Å². The van der Waals surface area contributed by atoms with Crippen LogP contribution in [0.25, 0.3) is 0 Å². The predicted molar refractivity (Wildman–Crippen MR) is 72.0 cm³/mol. The summed E-state index contributed by atoms with van der Waals surface area (Å²) in [4.78, 5) is 16.1. The van der Waals surface area contributed by atoms with Gasteiger partial charge in [0.1, 0.15) is 12.4 Å². The van der Waals surface area contributed by atoms with E-state index in [1.165, 1.54) is 0 Å². The van der Waals surface area contributed by atoms with Gasteiger partial charge in [-0.3, -0.25) is 9.48 Å². The third kappa shape index (κ3) is 4.03. The number of likely N-dealkylation sites (N-methyl/N-ethyl adjacent to an activating group) is 2. The lowest BCUT2D eigenvalue weighted by Gasteiger charge is -2.30. The van der Waals surface area contributed by atoms with Crippen LogP contribution in [0.4, 0.5) is 5.82 Å². The van der Waals surface area contributed by atoms with Crippen LogP contribution in [0.5, 0.6) is 0 Å². The lowest BCUT2D eigenvalue weighted by molar-refractivity contribution is -0.134. The third-order valence-corrected chi connectivity index (χ3v) is 2.78. The first-order valence-corrected chi connectivity index (χ1v) is 6.17. The van der Waals surface area contributed by atoms with E-state index in [9.17, 15) is 4.79 Å². The summed E-state index contributed by atoms with van der Waals surface area (Å²) in [5.41, 5.74) is 5.53. The van der Waals surface area contributed by atoms with Crippen molar-refractivity contribution in [2.75, 3.05) is 32.9 Å². The SMILES string of the molecule is CCN(C(=O)Cn1ccc(N)n1)C(C)CN(C)C. The Labute approximate surface area is 108 Å². The Bertz CT molecular complexity index is 388. The van der Waals surface area contributed by atoms with Crippen LogP contribution >= 0.6 is 0 Å². The second-order valence-corrected chi connectivity index (χ2v) is 4.73. The zero-order valence-corrected chi connectivity index (χ0v) is 11.6. The van der Waals surface area contributed by atoms with Gasteiger partial charge in [0.05, 0.1) is 0 Å². The van der Waals surface area contributed by atoms with E-state index < -0.39 is 0 Å². The molecule has 0 radical (unpaired) electrons. The number of carbonyl (C=O) groups excluding carboxylic acids is 1. The number of anilines is 1. The summed E-state index contributed by atoms with van der Waals surface area (Å²) in [5.74, 6) is 0.502. The van der Waals surface area contributed by atoms with Gasteiger partial charge in [-0.05, 0) is 34.0 Å². The molecule has 0 fully saturated rings. The van der Waals surface area contributed by atoms with Crippen LogP contribution in [-0.2, 0) is 11.3 Å². The van der Waals surface area contributed by atoms with E-state index in [1.807, 2.05) is 25.9 Å². The quantitative estimate of drug-likeness (QED) is 0.790. The molecule has 1 amide bonds. The largest absolute Gasteiger partial charge is 0.382 e. The number of aromatic nitrogens is 2. The monoisotopic (exact) mass is 253 g/mol. The summed E-state index contributed by atoms with van der Waals surface area (Å²) >= 11 is 0. The molecule has 0 aliphatic rings. The fourth-order valence-corrected chi connectivity index (χ4v) is 2.06. The van der Waals surface area contributed by atoms with Gasteiger partial charge in [-0.15, -0.1) is 0 Å². The Morgan fingerprint density at radius 1 is 1.56 bits per heavy atom. The second-order valence-electron chi connectivity index (χ2n) is 4.73. The number of nitrogens with zero attached hydrogens (tertiary/aromatic N) is 4. The molecule has 1 aromatic heterocycles. The van der Waals surface area contributed by atoms with Crippen LogP contribution in [0.3, 0.4) is 0 Å². The highest BCUT2D eigenvalue weighted by atomic mass is 16.2. The van der Waals surface area contributed by atoms with Gasteiger partial charge in [-0.25, -0.2) is 0 Å². The number of hydrogen-bond acceptors (Lipinski definition) is 4. The molecule has 0 aromatic carbocycles. The van der Waals surface area contributed by atoms with Gasteiger partial charge in [0.2, 0.25) is 5.91 Å². The molecule has 18 heavy (non-hydrogen) atoms. The second kappa shape index (κ2) is 6.39. The molecular formula is C12H23N5O. The van der Waals surface area contributed by atoms with Crippen molar-refractivity contribution in [3.8, 4) is 0 Å². The van der Waals surface area contributed by atoms with E-state index in [2.05, 4.69) is 16.9 Å². The first kappa shape index (κ1) is 14.5. The zero-order valence-electron chi connectivity index (χ0n) is 11.6. The minimum absolute atomic E-state index is 0.0648. The summed E-state index contributed by atoms with van der Waals surface area (Å²) in [6.07, 6.45) is 1.72. The molecule has 1 atom stereocenters. The highest BCUT2D eigenvalue weighted by Crippen LogP contribution is 2.04. The Kier molecular flexibility index (Phi) is 5.15. The summed E-state index contributed by atoms with van der Waals surface area (Å²) in [6.45, 7) is 5.83. The lowest BCUT2D eigenvalue weighted by atomic mass is 10.2. The van der Waals surface area contributed by atoms with Gasteiger partial charge in [0, 0.05) is 25.3 Å². The van der Waals surface area contributed by atoms with Crippen molar-refractivity contribution in [2.45, 2.75) is 26.4 Å². The van der Waals surface area contributed by atoms with E-state index in [0.717, 1.165) is 6.54 Å². The fraction of sp³-hybridized carbons (Fsp3) is 0.667. The number of amides is 1. The molecule has 1 aromatic rings. The van der Waals surface area contributed by atoms with E-state index >= 15 is 0 Å². The summed E-state index contributed by atoms with van der Waals surface area (Å²) < 4.78 is 1.57. The first-order valence-electron chi connectivity index (χ1n) is 6.17. The molecule has 0 aliphatic carbocycles. The fourth-order valence-electron chi connectivity index (χ4n) is 2.06. The molecule has 0 spiro atoms. The van der Waals surface area contributed by atoms with Gasteiger partial charge in [0.15, 0.2) is 0 Å². The molecule has 1 unspecified atom stereocenters. The average molecular weight is 253 g/mol. The van der Waals surface area contributed by atoms with Crippen molar-refractivity contribution >= 4 is 11.7 Å². The summed E-state index contributed by atoms with van der Waals surface area (Å²) in [5, 5.41) is 4.02. The molecule has 0 saturated carbocycles. The smallest absolute Gasteiger partial charge is 0.244 e. The predicted octanol–water partition coefficient (Wildman–Crippen LogP) is 0.264. The Morgan fingerprint density at radius 3 is 2.67 bits per heavy atom. The van der Waals surface area contributed by atoms with Gasteiger partial charge in [-0.2, -0.15) is 5.10 Å². The van der Waals surface area contributed by atoms with Crippen LogP contribution < -0.4 is 5.73 Å². The van der Waals surface area contributed by atoms with Crippen LogP contribution in [-0.4, -0.2) is 58.7 Å². The molecule has 1 heterocycles. The maximum atomic E-state index is 12.2. The van der Waals surface area contributed by atoms with E-state index in [4.69, 9.17) is 5.73 Å². The number of nitrogen functional groups attached to an aromatic ring is 1. The Balaban J connectivity index is 2.61. The minimum atomic E-state index is 0.0648. The number of rotatable bonds is 6. The molecule has 6 nitrogen and oxygen atoms in total. The van der Waals surface area contributed by atoms with Gasteiger partial charge >= 0.3 is 0 Å². The normalized spacial score (nSPS) is 12.7. The highest BCUT2D eigenvalue weighted by Gasteiger charge is 2.19. The third-order valence-electron chi connectivity index (χ3n) is 2.78. The van der Waals surface area contributed by atoms with E-state index in [1.54, 1.807) is 16.9 Å². The highest BCUT2D eigenvalue weighted by molar-refractivity contribution is 5.76. The van der Waals surface area contributed by atoms with Crippen molar-refractivity contribution in [1.29, 1.82) is 0 Å². The Hall–Kier alpha value is -1.56. The standard InChI is InChI=1S/C12H23N5O/c1-5-17(10(2)8-15(3)4)12(18)9-16-7-6-11(13)14-16/h6-7,10H,5,8-9H2,1-4H3,(H2,13,14). The maximum absolute atomic E-state index is 12.2. The van der Waals surface area contributed by atoms with Crippen LogP contribution in [0, 0.1) is 0 Å². The Morgan fingerprint density at radius 2 is 2.22 bits per heavy atom. The van der Waals surface area contributed by atoms with Crippen molar-refractivity contribution in [3.63, 3.8) is 0 Å². The summed E-state index contributed by atoms with van der Waals surface area (Å²) in [7, 11) is 4.01. The molecule has 0 saturated heterocycles. The van der Waals surface area contributed by atoms with Gasteiger partial charge in [-0.1, -0.05) is 0 Å². The number of carbonyl (C=O) groups is 1. The van der Waals surface area contributed by atoms with Gasteiger partial charge < -0.3 is 15.5 Å². The van der Waals surface area contributed by atoms with Crippen molar-refractivity contribution in [1.82, 2.24) is 19.6 Å². The van der Waals surface area contributed by atoms with Crippen molar-refractivity contribution in [3.05, 3.63) is 12.3 Å². The molecule has 102 valence electrons. The van der Waals surface area contributed by atoms with Crippen LogP contribution in [0.1, 0.15) is 13.8 Å². The topological polar surface area (TPSA) is 67.4 Å². The molecule has 0 aliphatic heterocycles. The maximum Gasteiger partial charge on any atom is 0.244 e. The average Bonchev–Trinajstić information content (AvgIpc) is 2.63. The van der Waals surface area contributed by atoms with Crippen molar-refractivity contribution < 1.29 is 4.79 Å². The van der Waals surface area contributed by atoms with E-state index in [-0.39, 0.29) is 18.5 Å². The number of nitrogens with two attached hydrogens (primary N) is 1. The first-order chi connectivity index (χ1) is 8.43. The molecule has 6 heteroatoms. The molecule has 0 bridgehead atoms. The summed E-state index contributed by atoms with van der Waals surface area (Å²) in [6, 6.07) is 1.87. The zero-order chi connectivity index (χ0) is 13.7. The van der Waals surface area contributed by atoms with Gasteiger partial charge in [0.25, 0.3) is 0 Å². The van der Waals surface area contributed by atoms with E-state index in [0.29, 0.717) is 12.4 Å². The lowest BCUT2D eigenvalue weighted by Crippen LogP contribution is -2.45. The molecular weight excluding hydrogens is 230 g/mol.